The van der Waals surface area contributed by atoms with Gasteiger partial charge in [-0.3, -0.25) is 14.7 Å². The lowest BCUT2D eigenvalue weighted by Crippen LogP contribution is -2.70. The van der Waals surface area contributed by atoms with E-state index in [1.807, 2.05) is 20.9 Å². The molecule has 1 saturated heterocycles. The number of piperazine rings is 1. The van der Waals surface area contributed by atoms with E-state index in [1.165, 1.54) is 0 Å². The fourth-order valence-electron chi connectivity index (χ4n) is 3.86. The van der Waals surface area contributed by atoms with E-state index in [-0.39, 0.29) is 46.9 Å². The summed E-state index contributed by atoms with van der Waals surface area (Å²) in [6, 6.07) is 0.538. The van der Waals surface area contributed by atoms with E-state index in [0.717, 1.165) is 38.6 Å². The number of amides is 1. The van der Waals surface area contributed by atoms with Crippen LogP contribution < -0.4 is 10.6 Å². The first-order chi connectivity index (χ1) is 12.1. The maximum atomic E-state index is 11.9. The third-order valence-corrected chi connectivity index (χ3v) is 6.28. The Morgan fingerprint density at radius 2 is 1.81 bits per heavy atom. The fraction of sp³-hybridized carbons (Fsp3) is 0.895. The highest BCUT2D eigenvalue weighted by Crippen LogP contribution is 2.51. The molecule has 1 saturated carbocycles. The Kier molecular flexibility index (Phi) is 8.81. The molecule has 2 fully saturated rings. The number of ether oxygens (including phenoxy) is 1. The Hall–Kier alpha value is -0.610. The third kappa shape index (κ3) is 5.47. The molecule has 2 N–H and O–H groups in total. The summed E-state index contributed by atoms with van der Waals surface area (Å²) in [7, 11) is 3.63. The molecule has 0 spiro atoms. The van der Waals surface area contributed by atoms with Crippen LogP contribution in [0, 0.1) is 5.41 Å². The summed E-state index contributed by atoms with van der Waals surface area (Å²) in [5, 5.41) is 6.59. The summed E-state index contributed by atoms with van der Waals surface area (Å²) in [6.45, 7) is 14.6. The average molecular weight is 495 g/mol. The zero-order chi connectivity index (χ0) is 19.5. The number of nitrogens with one attached hydrogen (secondary N) is 2. The van der Waals surface area contributed by atoms with Gasteiger partial charge in [-0.05, 0) is 27.2 Å². The number of nitrogens with zero attached hydrogens (tertiary/aromatic N) is 3. The minimum Gasteiger partial charge on any atom is -0.378 e. The highest BCUT2D eigenvalue weighted by atomic mass is 127. The molecule has 1 heterocycles. The molecule has 2 aliphatic rings. The van der Waals surface area contributed by atoms with Crippen molar-refractivity contribution in [2.45, 2.75) is 58.7 Å². The number of hydrogen-bond donors (Lipinski definition) is 2. The second-order valence-electron chi connectivity index (χ2n) is 8.59. The van der Waals surface area contributed by atoms with E-state index in [1.54, 1.807) is 7.11 Å². The van der Waals surface area contributed by atoms with Gasteiger partial charge in [-0.1, -0.05) is 13.8 Å². The number of aliphatic imine (C=N–C) groups is 1. The third-order valence-electron chi connectivity index (χ3n) is 6.28. The van der Waals surface area contributed by atoms with Crippen molar-refractivity contribution >= 4 is 35.8 Å². The molecular weight excluding hydrogens is 457 g/mol. The smallest absolute Gasteiger partial charge is 0.234 e. The first-order valence-electron chi connectivity index (χ1n) is 9.68. The minimum absolute atomic E-state index is 0. The van der Waals surface area contributed by atoms with Crippen LogP contribution in [0.3, 0.4) is 0 Å². The summed E-state index contributed by atoms with van der Waals surface area (Å²) in [5.74, 6) is 1.05. The Bertz CT molecular complexity index is 532. The van der Waals surface area contributed by atoms with Crippen LogP contribution in [0.2, 0.25) is 0 Å². The van der Waals surface area contributed by atoms with Crippen molar-refractivity contribution in [2.75, 3.05) is 46.9 Å². The number of hydrogen-bond acceptors (Lipinski definition) is 4. The minimum atomic E-state index is -0.0913. The van der Waals surface area contributed by atoms with E-state index in [2.05, 4.69) is 46.2 Å². The SMILES string of the molecule is CN=C(NC1CC(C)(OC)C1(C)C)N1CCN(CC(=O)NC(C)C)CC1.I. The number of methoxy groups -OCH3 is 1. The highest BCUT2D eigenvalue weighted by molar-refractivity contribution is 14.0. The maximum absolute atomic E-state index is 11.9. The van der Waals surface area contributed by atoms with Crippen molar-refractivity contribution in [3.05, 3.63) is 0 Å². The van der Waals surface area contributed by atoms with E-state index >= 15 is 0 Å². The van der Waals surface area contributed by atoms with E-state index in [9.17, 15) is 4.79 Å². The lowest BCUT2D eigenvalue weighted by Gasteiger charge is -2.59. The molecule has 2 unspecified atom stereocenters. The van der Waals surface area contributed by atoms with Crippen molar-refractivity contribution < 1.29 is 9.53 Å². The molecule has 1 aliphatic heterocycles. The Labute approximate surface area is 181 Å². The molecule has 8 heteroatoms. The molecule has 1 amide bonds. The highest BCUT2D eigenvalue weighted by Gasteiger charge is 2.58. The predicted molar refractivity (Wildman–Crippen MR) is 121 cm³/mol. The van der Waals surface area contributed by atoms with Gasteiger partial charge >= 0.3 is 0 Å². The van der Waals surface area contributed by atoms with Crippen LogP contribution in [0.5, 0.6) is 0 Å². The zero-order valence-electron chi connectivity index (χ0n) is 18.0. The van der Waals surface area contributed by atoms with Crippen LogP contribution in [-0.2, 0) is 9.53 Å². The van der Waals surface area contributed by atoms with E-state index in [4.69, 9.17) is 4.74 Å². The second kappa shape index (κ2) is 9.73. The zero-order valence-corrected chi connectivity index (χ0v) is 20.3. The normalized spacial score (nSPS) is 28.4. The molecule has 158 valence electrons. The summed E-state index contributed by atoms with van der Waals surface area (Å²) in [5.41, 5.74) is -0.0412. The Morgan fingerprint density at radius 3 is 2.26 bits per heavy atom. The quantitative estimate of drug-likeness (QED) is 0.344. The monoisotopic (exact) mass is 495 g/mol. The van der Waals surface area contributed by atoms with Gasteiger partial charge in [0.1, 0.15) is 0 Å². The lowest BCUT2D eigenvalue weighted by molar-refractivity contribution is -0.177. The Balaban J connectivity index is 0.00000364. The van der Waals surface area contributed by atoms with Gasteiger partial charge in [0.15, 0.2) is 5.96 Å². The number of carbonyl (C=O) groups is 1. The standard InChI is InChI=1S/C19H37N5O2.HI/c1-14(2)21-16(25)13-23-8-10-24(11-9-23)17(20-6)22-15-12-19(5,26-7)18(15,3)4;/h14-15H,8-13H2,1-7H3,(H,20,22)(H,21,25);1H. The molecule has 0 aromatic carbocycles. The van der Waals surface area contributed by atoms with Crippen molar-refractivity contribution in [3.8, 4) is 0 Å². The molecule has 0 bridgehead atoms. The molecule has 0 radical (unpaired) electrons. The van der Waals surface area contributed by atoms with Gasteiger partial charge in [-0.25, -0.2) is 0 Å². The first-order valence-corrected chi connectivity index (χ1v) is 9.68. The molecule has 0 aromatic heterocycles. The van der Waals surface area contributed by atoms with Crippen molar-refractivity contribution in [2.24, 2.45) is 10.4 Å². The van der Waals surface area contributed by atoms with Crippen LogP contribution in [0.1, 0.15) is 41.0 Å². The van der Waals surface area contributed by atoms with Gasteiger partial charge in [-0.2, -0.15) is 0 Å². The van der Waals surface area contributed by atoms with Crippen LogP contribution in [0.25, 0.3) is 0 Å². The van der Waals surface area contributed by atoms with Crippen LogP contribution in [-0.4, -0.2) is 86.2 Å². The molecule has 1 aliphatic carbocycles. The van der Waals surface area contributed by atoms with Gasteiger partial charge in [0.25, 0.3) is 0 Å². The van der Waals surface area contributed by atoms with Crippen molar-refractivity contribution in [3.63, 3.8) is 0 Å². The molecule has 0 aromatic rings. The fourth-order valence-corrected chi connectivity index (χ4v) is 3.86. The van der Waals surface area contributed by atoms with E-state index < -0.39 is 0 Å². The summed E-state index contributed by atoms with van der Waals surface area (Å²) in [6.07, 6.45) is 0.977. The number of carbonyl (C=O) groups excluding carboxylic acids is 1. The summed E-state index contributed by atoms with van der Waals surface area (Å²) < 4.78 is 5.72. The topological polar surface area (TPSA) is 69.2 Å². The van der Waals surface area contributed by atoms with Gasteiger partial charge in [0, 0.05) is 57.8 Å². The number of halogens is 1. The summed E-state index contributed by atoms with van der Waals surface area (Å²) in [4.78, 5) is 20.9. The van der Waals surface area contributed by atoms with Crippen LogP contribution >= 0.6 is 24.0 Å². The second-order valence-corrected chi connectivity index (χ2v) is 8.59. The van der Waals surface area contributed by atoms with Crippen molar-refractivity contribution in [1.82, 2.24) is 20.4 Å². The van der Waals surface area contributed by atoms with Crippen LogP contribution in [0.4, 0.5) is 0 Å². The number of guanidine groups is 1. The molecule has 7 nitrogen and oxygen atoms in total. The average Bonchev–Trinajstić information content (AvgIpc) is 2.58. The Morgan fingerprint density at radius 1 is 1.22 bits per heavy atom. The lowest BCUT2D eigenvalue weighted by atomic mass is 9.56. The molecular formula is C19H38IN5O2. The molecule has 2 rings (SSSR count). The molecule has 27 heavy (non-hydrogen) atoms. The van der Waals surface area contributed by atoms with Gasteiger partial charge < -0.3 is 20.3 Å². The largest absolute Gasteiger partial charge is 0.378 e. The van der Waals surface area contributed by atoms with Gasteiger partial charge in [-0.15, -0.1) is 24.0 Å². The van der Waals surface area contributed by atoms with Gasteiger partial charge in [0.05, 0.1) is 12.1 Å². The number of rotatable bonds is 5. The summed E-state index contributed by atoms with van der Waals surface area (Å²) >= 11 is 0. The van der Waals surface area contributed by atoms with Crippen LogP contribution in [0.15, 0.2) is 4.99 Å². The van der Waals surface area contributed by atoms with Gasteiger partial charge in [0.2, 0.25) is 5.91 Å². The van der Waals surface area contributed by atoms with E-state index in [0.29, 0.717) is 12.6 Å². The predicted octanol–water partition coefficient (Wildman–Crippen LogP) is 1.53. The van der Waals surface area contributed by atoms with Crippen molar-refractivity contribution in [1.29, 1.82) is 0 Å². The maximum Gasteiger partial charge on any atom is 0.234 e. The molecule has 2 atom stereocenters. The first kappa shape index (κ1) is 24.4.